The van der Waals surface area contributed by atoms with Gasteiger partial charge >= 0.3 is 0 Å². The largest absolute Gasteiger partial charge is 0.504 e. The van der Waals surface area contributed by atoms with E-state index in [1.54, 1.807) is 0 Å². The Kier molecular flexibility index (Phi) is 4.09. The molecule has 0 aliphatic rings. The number of sulfone groups is 1. The standard InChI is InChI=1S/C12H17NO5S/c1-12(2,19(3,17)18)7-13-11(16)8-4-5-9(14)10(15)6-8/h4-6,14-15H,7H2,1-3H3,(H,13,16). The lowest BCUT2D eigenvalue weighted by molar-refractivity contribution is 0.0950. The van der Waals surface area contributed by atoms with Crippen LogP contribution in [0, 0.1) is 0 Å². The second kappa shape index (κ2) is 5.08. The molecule has 1 amide bonds. The number of phenols is 2. The van der Waals surface area contributed by atoms with Gasteiger partial charge in [-0.2, -0.15) is 0 Å². The minimum absolute atomic E-state index is 0.0493. The highest BCUT2D eigenvalue weighted by atomic mass is 32.2. The van der Waals surface area contributed by atoms with Crippen LogP contribution in [0.4, 0.5) is 0 Å². The van der Waals surface area contributed by atoms with Gasteiger partial charge in [0, 0.05) is 18.4 Å². The number of phenolic OH excluding ortho intramolecular Hbond substituents is 2. The zero-order valence-electron chi connectivity index (χ0n) is 11.0. The normalized spacial score (nSPS) is 12.2. The fourth-order valence-electron chi connectivity index (χ4n) is 1.19. The monoisotopic (exact) mass is 287 g/mol. The molecule has 1 aromatic carbocycles. The highest BCUT2D eigenvalue weighted by Crippen LogP contribution is 2.24. The van der Waals surface area contributed by atoms with E-state index in [1.807, 2.05) is 0 Å². The first kappa shape index (κ1) is 15.3. The van der Waals surface area contributed by atoms with Crippen molar-refractivity contribution >= 4 is 15.7 Å². The van der Waals surface area contributed by atoms with Crippen molar-refractivity contribution in [2.75, 3.05) is 12.8 Å². The summed E-state index contributed by atoms with van der Waals surface area (Å²) in [5.41, 5.74) is 0.139. The Balaban J connectivity index is 2.79. The first-order chi connectivity index (χ1) is 8.54. The Morgan fingerprint density at radius 3 is 2.32 bits per heavy atom. The lowest BCUT2D eigenvalue weighted by atomic mass is 10.1. The van der Waals surface area contributed by atoms with Gasteiger partial charge in [0.15, 0.2) is 21.3 Å². The molecule has 7 heteroatoms. The molecular weight excluding hydrogens is 270 g/mol. The minimum atomic E-state index is -3.30. The molecule has 6 nitrogen and oxygen atoms in total. The highest BCUT2D eigenvalue weighted by Gasteiger charge is 2.30. The number of hydrogen-bond acceptors (Lipinski definition) is 5. The summed E-state index contributed by atoms with van der Waals surface area (Å²) in [6.07, 6.45) is 1.10. The van der Waals surface area contributed by atoms with E-state index in [-0.39, 0.29) is 17.9 Å². The smallest absolute Gasteiger partial charge is 0.251 e. The number of amides is 1. The number of hydrogen-bond donors (Lipinski definition) is 3. The topological polar surface area (TPSA) is 104 Å². The van der Waals surface area contributed by atoms with E-state index >= 15 is 0 Å². The van der Waals surface area contributed by atoms with Gasteiger partial charge in [0.25, 0.3) is 5.91 Å². The summed E-state index contributed by atoms with van der Waals surface area (Å²) in [6.45, 7) is 2.97. The van der Waals surface area contributed by atoms with Gasteiger partial charge in [-0.25, -0.2) is 8.42 Å². The molecule has 106 valence electrons. The van der Waals surface area contributed by atoms with E-state index in [9.17, 15) is 18.3 Å². The molecular formula is C12H17NO5S. The third-order valence-electron chi connectivity index (χ3n) is 2.92. The van der Waals surface area contributed by atoms with Gasteiger partial charge in [-0.05, 0) is 32.0 Å². The van der Waals surface area contributed by atoms with Crippen LogP contribution in [0.2, 0.25) is 0 Å². The maximum absolute atomic E-state index is 11.8. The van der Waals surface area contributed by atoms with E-state index < -0.39 is 26.2 Å². The molecule has 0 spiro atoms. The summed E-state index contributed by atoms with van der Waals surface area (Å²) in [7, 11) is -3.30. The predicted octanol–water partition coefficient (Wildman–Crippen LogP) is 0.651. The highest BCUT2D eigenvalue weighted by molar-refractivity contribution is 7.92. The maximum atomic E-state index is 11.8. The lowest BCUT2D eigenvalue weighted by Crippen LogP contribution is -2.43. The minimum Gasteiger partial charge on any atom is -0.504 e. The molecule has 0 unspecified atom stereocenters. The number of carbonyl (C=O) groups excluding carboxylic acids is 1. The van der Waals surface area contributed by atoms with Gasteiger partial charge in [0.2, 0.25) is 0 Å². The van der Waals surface area contributed by atoms with Gasteiger partial charge in [-0.3, -0.25) is 4.79 Å². The first-order valence-corrected chi connectivity index (χ1v) is 7.43. The maximum Gasteiger partial charge on any atom is 0.251 e. The van der Waals surface area contributed by atoms with Crippen molar-refractivity contribution in [2.24, 2.45) is 0 Å². The third kappa shape index (κ3) is 3.60. The van der Waals surface area contributed by atoms with E-state index in [4.69, 9.17) is 5.11 Å². The average molecular weight is 287 g/mol. The summed E-state index contributed by atoms with van der Waals surface area (Å²) >= 11 is 0. The van der Waals surface area contributed by atoms with Gasteiger partial charge in [-0.15, -0.1) is 0 Å². The molecule has 19 heavy (non-hydrogen) atoms. The van der Waals surface area contributed by atoms with Crippen LogP contribution in [0.25, 0.3) is 0 Å². The second-order valence-electron chi connectivity index (χ2n) is 4.92. The van der Waals surface area contributed by atoms with Gasteiger partial charge in [0.1, 0.15) is 0 Å². The molecule has 0 radical (unpaired) electrons. The van der Waals surface area contributed by atoms with Crippen molar-refractivity contribution in [3.8, 4) is 11.5 Å². The molecule has 0 aliphatic heterocycles. The number of benzene rings is 1. The van der Waals surface area contributed by atoms with E-state index in [0.717, 1.165) is 12.3 Å². The molecule has 0 heterocycles. The van der Waals surface area contributed by atoms with Gasteiger partial charge in [-0.1, -0.05) is 0 Å². The molecule has 3 N–H and O–H groups in total. The number of carbonyl (C=O) groups is 1. The Bertz CT molecular complexity index is 592. The van der Waals surface area contributed by atoms with Crippen molar-refractivity contribution < 1.29 is 23.4 Å². The van der Waals surface area contributed by atoms with Gasteiger partial charge in [0.05, 0.1) is 4.75 Å². The average Bonchev–Trinajstić information content (AvgIpc) is 2.28. The fraction of sp³-hybridized carbons (Fsp3) is 0.417. The molecule has 1 rings (SSSR count). The molecule has 0 aliphatic carbocycles. The van der Waals surface area contributed by atoms with Crippen LogP contribution in [0.1, 0.15) is 24.2 Å². The van der Waals surface area contributed by atoms with Crippen LogP contribution >= 0.6 is 0 Å². The lowest BCUT2D eigenvalue weighted by Gasteiger charge is -2.22. The summed E-state index contributed by atoms with van der Waals surface area (Å²) < 4.78 is 21.9. The Hall–Kier alpha value is -1.76. The van der Waals surface area contributed by atoms with Crippen LogP contribution in [-0.4, -0.2) is 42.1 Å². The second-order valence-corrected chi connectivity index (χ2v) is 7.57. The van der Waals surface area contributed by atoms with E-state index in [0.29, 0.717) is 0 Å². The Labute approximate surface area is 112 Å². The van der Waals surface area contributed by atoms with Crippen LogP contribution < -0.4 is 5.32 Å². The van der Waals surface area contributed by atoms with E-state index in [2.05, 4.69) is 5.32 Å². The molecule has 0 saturated heterocycles. The zero-order valence-corrected chi connectivity index (χ0v) is 11.8. The SMILES string of the molecule is CC(C)(CNC(=O)c1ccc(O)c(O)c1)S(C)(=O)=O. The summed E-state index contributed by atoms with van der Waals surface area (Å²) in [6, 6.07) is 3.63. The Morgan fingerprint density at radius 2 is 1.84 bits per heavy atom. The van der Waals surface area contributed by atoms with Crippen LogP contribution in [0.5, 0.6) is 11.5 Å². The molecule has 0 fully saturated rings. The molecule has 0 aromatic heterocycles. The van der Waals surface area contributed by atoms with Crippen LogP contribution in [0.15, 0.2) is 18.2 Å². The first-order valence-electron chi connectivity index (χ1n) is 5.54. The third-order valence-corrected chi connectivity index (χ3v) is 5.07. The van der Waals surface area contributed by atoms with Crippen LogP contribution in [-0.2, 0) is 9.84 Å². The summed E-state index contributed by atoms with van der Waals surface area (Å²) in [4.78, 5) is 11.8. The van der Waals surface area contributed by atoms with Crippen molar-refractivity contribution in [2.45, 2.75) is 18.6 Å². The van der Waals surface area contributed by atoms with Crippen molar-refractivity contribution in [3.63, 3.8) is 0 Å². The number of nitrogens with one attached hydrogen (secondary N) is 1. The van der Waals surface area contributed by atoms with Gasteiger partial charge < -0.3 is 15.5 Å². The van der Waals surface area contributed by atoms with Crippen molar-refractivity contribution in [1.82, 2.24) is 5.32 Å². The zero-order chi connectivity index (χ0) is 14.8. The molecule has 0 bridgehead atoms. The summed E-state index contributed by atoms with van der Waals surface area (Å²) in [5, 5.41) is 20.9. The van der Waals surface area contributed by atoms with E-state index in [1.165, 1.54) is 26.0 Å². The van der Waals surface area contributed by atoms with Crippen molar-refractivity contribution in [1.29, 1.82) is 0 Å². The van der Waals surface area contributed by atoms with Crippen molar-refractivity contribution in [3.05, 3.63) is 23.8 Å². The number of rotatable bonds is 4. The number of aromatic hydroxyl groups is 2. The molecule has 0 atom stereocenters. The van der Waals surface area contributed by atoms with Crippen LogP contribution in [0.3, 0.4) is 0 Å². The fourth-order valence-corrected chi connectivity index (χ4v) is 1.53. The Morgan fingerprint density at radius 1 is 1.26 bits per heavy atom. The molecule has 0 saturated carbocycles. The quantitative estimate of drug-likeness (QED) is 0.705. The molecule has 1 aromatic rings. The summed E-state index contributed by atoms with van der Waals surface area (Å²) in [5.74, 6) is -1.25. The predicted molar refractivity (Wildman–Crippen MR) is 71.0 cm³/mol.